The van der Waals surface area contributed by atoms with E-state index in [1.807, 2.05) is 44.2 Å². The highest BCUT2D eigenvalue weighted by Gasteiger charge is 2.12. The molecule has 0 saturated carbocycles. The summed E-state index contributed by atoms with van der Waals surface area (Å²) >= 11 is 0. The van der Waals surface area contributed by atoms with Gasteiger partial charge in [0.2, 0.25) is 0 Å². The smallest absolute Gasteiger partial charge is 0.126 e. The molecule has 0 saturated heterocycles. The van der Waals surface area contributed by atoms with Gasteiger partial charge >= 0.3 is 0 Å². The van der Waals surface area contributed by atoms with E-state index in [-0.39, 0.29) is 6.04 Å². The van der Waals surface area contributed by atoms with Gasteiger partial charge in [-0.25, -0.2) is 4.98 Å². The van der Waals surface area contributed by atoms with E-state index < -0.39 is 0 Å². The van der Waals surface area contributed by atoms with Gasteiger partial charge in [0.25, 0.3) is 0 Å². The van der Waals surface area contributed by atoms with E-state index >= 15 is 0 Å². The van der Waals surface area contributed by atoms with E-state index in [4.69, 9.17) is 10.5 Å². The molecule has 0 radical (unpaired) electrons. The van der Waals surface area contributed by atoms with Crippen LogP contribution in [0.4, 0.5) is 0 Å². The summed E-state index contributed by atoms with van der Waals surface area (Å²) in [5, 5.41) is 0. The van der Waals surface area contributed by atoms with Gasteiger partial charge in [-0.1, -0.05) is 57.3 Å². The highest BCUT2D eigenvalue weighted by molar-refractivity contribution is 5.57. The van der Waals surface area contributed by atoms with Gasteiger partial charge in [-0.3, -0.25) is 0 Å². The lowest BCUT2D eigenvalue weighted by Crippen LogP contribution is -2.18. The predicted molar refractivity (Wildman–Crippen MR) is 93.1 cm³/mol. The molecule has 22 heavy (non-hydrogen) atoms. The van der Waals surface area contributed by atoms with Crippen LogP contribution in [0.5, 0.6) is 0 Å². The predicted octanol–water partition coefficient (Wildman–Crippen LogP) is 3.94. The second-order valence-electron chi connectivity index (χ2n) is 4.44. The Morgan fingerprint density at radius 1 is 1.23 bits per heavy atom. The third kappa shape index (κ3) is 4.98. The van der Waals surface area contributed by atoms with E-state index in [1.165, 1.54) is 0 Å². The van der Waals surface area contributed by atoms with E-state index in [1.54, 1.807) is 12.2 Å². The molecule has 0 amide bonds. The molecule has 1 unspecified atom stereocenters. The van der Waals surface area contributed by atoms with Crippen molar-refractivity contribution in [1.29, 1.82) is 0 Å². The summed E-state index contributed by atoms with van der Waals surface area (Å²) in [6.07, 6.45) is 3.37. The maximum absolute atomic E-state index is 6.06. The number of benzene rings is 1. The van der Waals surface area contributed by atoms with Crippen LogP contribution in [0.1, 0.15) is 42.7 Å². The zero-order valence-electron chi connectivity index (χ0n) is 13.4. The van der Waals surface area contributed by atoms with Crippen molar-refractivity contribution in [3.05, 3.63) is 66.3 Å². The number of imidazole rings is 1. The standard InChI is InChI=1S/C16H19N3O.C2H6/c1-3-14-15(4-2)19-16(18-14)13(17)11-20-10-12-8-6-5-7-9-12;1-2/h3-9,13H,1-2,10-11,17H2,(H,18,19);1-2H3. The first-order chi connectivity index (χ1) is 10.7. The van der Waals surface area contributed by atoms with Crippen LogP contribution >= 0.6 is 0 Å². The van der Waals surface area contributed by atoms with Crippen LogP contribution in [0.3, 0.4) is 0 Å². The molecule has 4 heteroatoms. The minimum Gasteiger partial charge on any atom is -0.375 e. The third-order valence-corrected chi connectivity index (χ3v) is 2.94. The molecule has 1 atom stereocenters. The Hall–Kier alpha value is -2.17. The number of hydrogen-bond donors (Lipinski definition) is 2. The Morgan fingerprint density at radius 3 is 2.45 bits per heavy atom. The third-order valence-electron chi connectivity index (χ3n) is 2.94. The van der Waals surface area contributed by atoms with E-state index in [0.717, 1.165) is 17.0 Å². The van der Waals surface area contributed by atoms with Crippen molar-refractivity contribution in [2.24, 2.45) is 5.73 Å². The van der Waals surface area contributed by atoms with Crippen LogP contribution in [-0.4, -0.2) is 16.6 Å². The van der Waals surface area contributed by atoms with Crippen molar-refractivity contribution in [3.8, 4) is 0 Å². The minimum atomic E-state index is -0.300. The minimum absolute atomic E-state index is 0.300. The van der Waals surface area contributed by atoms with Gasteiger partial charge in [-0.2, -0.15) is 0 Å². The van der Waals surface area contributed by atoms with Crippen molar-refractivity contribution in [2.45, 2.75) is 26.5 Å². The Kier molecular flexibility index (Phi) is 7.89. The average Bonchev–Trinajstić information content (AvgIpc) is 3.01. The van der Waals surface area contributed by atoms with Gasteiger partial charge in [0.1, 0.15) is 5.82 Å². The number of rotatable bonds is 7. The van der Waals surface area contributed by atoms with Crippen molar-refractivity contribution < 1.29 is 4.74 Å². The molecular formula is C18H25N3O. The molecule has 3 N–H and O–H groups in total. The lowest BCUT2D eigenvalue weighted by Gasteiger charge is -2.09. The Balaban J connectivity index is 0.00000116. The SMILES string of the molecule is C=Cc1nc(C(N)COCc2ccccc2)[nH]c1C=C.CC. The van der Waals surface area contributed by atoms with Crippen molar-refractivity contribution in [3.63, 3.8) is 0 Å². The number of nitrogens with zero attached hydrogens (tertiary/aromatic N) is 1. The molecule has 1 aromatic carbocycles. The summed E-state index contributed by atoms with van der Waals surface area (Å²) in [5.74, 6) is 0.683. The molecule has 2 rings (SSSR count). The highest BCUT2D eigenvalue weighted by Crippen LogP contribution is 2.14. The van der Waals surface area contributed by atoms with Crippen LogP contribution in [0.15, 0.2) is 43.5 Å². The van der Waals surface area contributed by atoms with E-state index in [0.29, 0.717) is 19.0 Å². The number of ether oxygens (including phenoxy) is 1. The normalized spacial score (nSPS) is 11.2. The fourth-order valence-corrected chi connectivity index (χ4v) is 1.86. The van der Waals surface area contributed by atoms with E-state index in [2.05, 4.69) is 23.1 Å². The first-order valence-corrected chi connectivity index (χ1v) is 7.46. The number of H-pyrrole nitrogens is 1. The molecule has 1 heterocycles. The van der Waals surface area contributed by atoms with Crippen molar-refractivity contribution in [1.82, 2.24) is 9.97 Å². The zero-order valence-corrected chi connectivity index (χ0v) is 13.4. The van der Waals surface area contributed by atoms with Crippen LogP contribution in [0.2, 0.25) is 0 Å². The fourth-order valence-electron chi connectivity index (χ4n) is 1.86. The highest BCUT2D eigenvalue weighted by atomic mass is 16.5. The summed E-state index contributed by atoms with van der Waals surface area (Å²) in [5.41, 5.74) is 8.77. The van der Waals surface area contributed by atoms with Crippen LogP contribution in [-0.2, 0) is 11.3 Å². The first kappa shape index (κ1) is 17.9. The topological polar surface area (TPSA) is 63.9 Å². The molecule has 0 spiro atoms. The molecule has 0 aliphatic heterocycles. The Labute approximate surface area is 132 Å². The summed E-state index contributed by atoms with van der Waals surface area (Å²) in [4.78, 5) is 7.50. The monoisotopic (exact) mass is 299 g/mol. The molecule has 4 nitrogen and oxygen atoms in total. The largest absolute Gasteiger partial charge is 0.375 e. The summed E-state index contributed by atoms with van der Waals surface area (Å²) in [6, 6.07) is 9.68. The van der Waals surface area contributed by atoms with Gasteiger partial charge in [-0.15, -0.1) is 0 Å². The number of aromatic amines is 1. The zero-order chi connectivity index (χ0) is 16.4. The number of nitrogens with one attached hydrogen (secondary N) is 1. The van der Waals surface area contributed by atoms with Crippen molar-refractivity contribution in [2.75, 3.05) is 6.61 Å². The lowest BCUT2D eigenvalue weighted by molar-refractivity contribution is 0.106. The summed E-state index contributed by atoms with van der Waals surface area (Å²) in [6.45, 7) is 12.4. The van der Waals surface area contributed by atoms with Gasteiger partial charge in [0.05, 0.1) is 30.6 Å². The molecule has 0 aliphatic rings. The van der Waals surface area contributed by atoms with Gasteiger partial charge in [-0.05, 0) is 17.7 Å². The molecular weight excluding hydrogens is 274 g/mol. The van der Waals surface area contributed by atoms with E-state index in [9.17, 15) is 0 Å². The van der Waals surface area contributed by atoms with Crippen LogP contribution in [0.25, 0.3) is 12.2 Å². The Morgan fingerprint density at radius 2 is 1.91 bits per heavy atom. The molecule has 0 bridgehead atoms. The summed E-state index contributed by atoms with van der Waals surface area (Å²) in [7, 11) is 0. The van der Waals surface area contributed by atoms with Crippen LogP contribution in [0, 0.1) is 0 Å². The maximum Gasteiger partial charge on any atom is 0.126 e. The lowest BCUT2D eigenvalue weighted by atomic mass is 10.2. The van der Waals surface area contributed by atoms with Gasteiger partial charge in [0, 0.05) is 0 Å². The van der Waals surface area contributed by atoms with Crippen molar-refractivity contribution >= 4 is 12.2 Å². The fraction of sp³-hybridized carbons (Fsp3) is 0.278. The van der Waals surface area contributed by atoms with Gasteiger partial charge in [0.15, 0.2) is 0 Å². The molecule has 0 fully saturated rings. The second-order valence-corrected chi connectivity index (χ2v) is 4.44. The molecule has 2 aromatic rings. The number of nitrogens with two attached hydrogens (primary N) is 1. The van der Waals surface area contributed by atoms with Crippen LogP contribution < -0.4 is 5.73 Å². The average molecular weight is 299 g/mol. The maximum atomic E-state index is 6.06. The second kappa shape index (κ2) is 9.71. The number of hydrogen-bond acceptors (Lipinski definition) is 3. The molecule has 118 valence electrons. The molecule has 0 aliphatic carbocycles. The molecule has 1 aromatic heterocycles. The number of aromatic nitrogens is 2. The summed E-state index contributed by atoms with van der Waals surface area (Å²) < 4.78 is 5.62. The Bertz CT molecular complexity index is 550. The first-order valence-electron chi connectivity index (χ1n) is 7.46. The van der Waals surface area contributed by atoms with Gasteiger partial charge < -0.3 is 15.5 Å². The quantitative estimate of drug-likeness (QED) is 0.814.